The van der Waals surface area contributed by atoms with Crippen molar-refractivity contribution in [3.8, 4) is 0 Å². The van der Waals surface area contributed by atoms with Crippen LogP contribution in [-0.2, 0) is 0 Å². The fourth-order valence-electron chi connectivity index (χ4n) is 1.66. The maximum Gasteiger partial charge on any atom is 0.000346 e. The number of hydrogen-bond donors (Lipinski definition) is 0. The smallest absolute Gasteiger partial charge is 0.000346 e. The van der Waals surface area contributed by atoms with E-state index in [1.54, 1.807) is 0 Å². The lowest BCUT2D eigenvalue weighted by molar-refractivity contribution is 0.300. The van der Waals surface area contributed by atoms with Crippen LogP contribution in [0.25, 0.3) is 0 Å². The van der Waals surface area contributed by atoms with E-state index in [1.165, 1.54) is 38.6 Å². The average Bonchev–Trinajstić information content (AvgIpc) is 2.09. The van der Waals surface area contributed by atoms with Gasteiger partial charge in [0.2, 0.25) is 0 Å². The Bertz CT molecular complexity index is 118. The Morgan fingerprint density at radius 3 is 2.46 bits per heavy atom. The van der Waals surface area contributed by atoms with E-state index < -0.39 is 0 Å². The summed E-state index contributed by atoms with van der Waals surface area (Å²) in [6, 6.07) is 0. The minimum atomic E-state index is 0.889. The number of rotatable bonds is 8. The molecule has 0 aliphatic heterocycles. The molecule has 1 heteroatoms. The van der Waals surface area contributed by atoms with E-state index in [4.69, 9.17) is 0 Å². The third-order valence-electron chi connectivity index (χ3n) is 2.47. The second-order valence-electron chi connectivity index (χ2n) is 4.11. The summed E-state index contributed by atoms with van der Waals surface area (Å²) in [7, 11) is 4.32. The Labute approximate surface area is 83.8 Å². The number of allylic oxidation sites excluding steroid dienone is 1. The van der Waals surface area contributed by atoms with Crippen molar-refractivity contribution in [3.63, 3.8) is 0 Å². The van der Waals surface area contributed by atoms with E-state index in [-0.39, 0.29) is 0 Å². The molecule has 0 amide bonds. The second kappa shape index (κ2) is 8.31. The summed E-state index contributed by atoms with van der Waals surface area (Å²) < 4.78 is 0. The van der Waals surface area contributed by atoms with Crippen LogP contribution < -0.4 is 0 Å². The van der Waals surface area contributed by atoms with Crippen LogP contribution in [0.2, 0.25) is 0 Å². The zero-order valence-corrected chi connectivity index (χ0v) is 9.55. The summed E-state index contributed by atoms with van der Waals surface area (Å²) in [6.07, 6.45) is 8.56. The lowest BCUT2D eigenvalue weighted by atomic mass is 9.98. The van der Waals surface area contributed by atoms with Crippen molar-refractivity contribution in [2.45, 2.75) is 39.0 Å². The molecule has 0 spiro atoms. The third-order valence-corrected chi connectivity index (χ3v) is 2.47. The standard InChI is InChI=1S/C12H25N/c1-5-7-8-9-10-12(6-2)11-13(3)4/h5,12H,1,6-11H2,2-4H3. The molecule has 0 saturated carbocycles. The Hall–Kier alpha value is -0.300. The van der Waals surface area contributed by atoms with Crippen LogP contribution in [0.3, 0.4) is 0 Å². The fraction of sp³-hybridized carbons (Fsp3) is 0.833. The van der Waals surface area contributed by atoms with E-state index in [0.717, 1.165) is 5.92 Å². The maximum atomic E-state index is 3.74. The van der Waals surface area contributed by atoms with Crippen molar-refractivity contribution in [1.82, 2.24) is 4.90 Å². The molecule has 0 aromatic carbocycles. The SMILES string of the molecule is C=CCCCCC(CC)CN(C)C. The van der Waals surface area contributed by atoms with Crippen LogP contribution in [-0.4, -0.2) is 25.5 Å². The van der Waals surface area contributed by atoms with Gasteiger partial charge in [-0.05, 0) is 39.3 Å². The van der Waals surface area contributed by atoms with Gasteiger partial charge >= 0.3 is 0 Å². The molecule has 0 aromatic rings. The first kappa shape index (κ1) is 12.7. The Morgan fingerprint density at radius 2 is 2.00 bits per heavy atom. The summed E-state index contributed by atoms with van der Waals surface area (Å²) in [4.78, 5) is 2.29. The average molecular weight is 183 g/mol. The van der Waals surface area contributed by atoms with Gasteiger partial charge in [-0.15, -0.1) is 6.58 Å². The van der Waals surface area contributed by atoms with Gasteiger partial charge in [-0.25, -0.2) is 0 Å². The van der Waals surface area contributed by atoms with Crippen molar-refractivity contribution >= 4 is 0 Å². The first-order valence-corrected chi connectivity index (χ1v) is 5.46. The van der Waals surface area contributed by atoms with Crippen LogP contribution in [0.1, 0.15) is 39.0 Å². The van der Waals surface area contributed by atoms with Crippen molar-refractivity contribution in [1.29, 1.82) is 0 Å². The van der Waals surface area contributed by atoms with Crippen molar-refractivity contribution in [2.24, 2.45) is 5.92 Å². The Balaban J connectivity index is 3.41. The minimum absolute atomic E-state index is 0.889. The quantitative estimate of drug-likeness (QED) is 0.412. The predicted octanol–water partition coefficient (Wildman–Crippen LogP) is 3.32. The van der Waals surface area contributed by atoms with Gasteiger partial charge < -0.3 is 4.90 Å². The maximum absolute atomic E-state index is 3.74. The van der Waals surface area contributed by atoms with Crippen LogP contribution in [0.5, 0.6) is 0 Å². The molecule has 1 unspecified atom stereocenters. The molecule has 0 aliphatic carbocycles. The normalized spacial score (nSPS) is 13.2. The largest absolute Gasteiger partial charge is 0.309 e. The molecule has 1 nitrogen and oxygen atoms in total. The zero-order chi connectivity index (χ0) is 10.1. The van der Waals surface area contributed by atoms with Gasteiger partial charge in [0, 0.05) is 6.54 Å². The van der Waals surface area contributed by atoms with Gasteiger partial charge in [0.1, 0.15) is 0 Å². The van der Waals surface area contributed by atoms with Crippen molar-refractivity contribution < 1.29 is 0 Å². The van der Waals surface area contributed by atoms with E-state index in [2.05, 4.69) is 32.5 Å². The predicted molar refractivity (Wildman–Crippen MR) is 61.0 cm³/mol. The molecular weight excluding hydrogens is 158 g/mol. The summed E-state index contributed by atoms with van der Waals surface area (Å²) in [5.74, 6) is 0.889. The molecule has 0 heterocycles. The first-order chi connectivity index (χ1) is 6.20. The summed E-state index contributed by atoms with van der Waals surface area (Å²) in [5, 5.41) is 0. The van der Waals surface area contributed by atoms with Gasteiger partial charge in [0.25, 0.3) is 0 Å². The van der Waals surface area contributed by atoms with E-state index in [0.29, 0.717) is 0 Å². The molecule has 1 atom stereocenters. The van der Waals surface area contributed by atoms with Crippen LogP contribution in [0.15, 0.2) is 12.7 Å². The molecule has 78 valence electrons. The number of nitrogens with zero attached hydrogens (tertiary/aromatic N) is 1. The highest BCUT2D eigenvalue weighted by Gasteiger charge is 2.06. The molecule has 0 fully saturated rings. The summed E-state index contributed by atoms with van der Waals surface area (Å²) in [5.41, 5.74) is 0. The first-order valence-electron chi connectivity index (χ1n) is 5.46. The van der Waals surface area contributed by atoms with Crippen LogP contribution in [0.4, 0.5) is 0 Å². The number of hydrogen-bond acceptors (Lipinski definition) is 1. The fourth-order valence-corrected chi connectivity index (χ4v) is 1.66. The van der Waals surface area contributed by atoms with Gasteiger partial charge in [-0.1, -0.05) is 25.8 Å². The molecule has 0 aromatic heterocycles. The van der Waals surface area contributed by atoms with Gasteiger partial charge in [0.05, 0.1) is 0 Å². The summed E-state index contributed by atoms with van der Waals surface area (Å²) >= 11 is 0. The van der Waals surface area contributed by atoms with Crippen LogP contribution >= 0.6 is 0 Å². The van der Waals surface area contributed by atoms with Gasteiger partial charge in [0.15, 0.2) is 0 Å². The molecule has 13 heavy (non-hydrogen) atoms. The summed E-state index contributed by atoms with van der Waals surface area (Å²) in [6.45, 7) is 7.27. The number of unbranched alkanes of at least 4 members (excludes halogenated alkanes) is 2. The van der Waals surface area contributed by atoms with E-state index in [1.807, 2.05) is 6.08 Å². The molecule has 0 saturated heterocycles. The lowest BCUT2D eigenvalue weighted by Gasteiger charge is -2.19. The lowest BCUT2D eigenvalue weighted by Crippen LogP contribution is -2.21. The molecule has 0 rings (SSSR count). The molecular formula is C12H25N. The Kier molecular flexibility index (Phi) is 8.11. The second-order valence-corrected chi connectivity index (χ2v) is 4.11. The zero-order valence-electron chi connectivity index (χ0n) is 9.55. The minimum Gasteiger partial charge on any atom is -0.309 e. The topological polar surface area (TPSA) is 3.24 Å². The third kappa shape index (κ3) is 8.04. The molecule has 0 radical (unpaired) electrons. The van der Waals surface area contributed by atoms with Crippen molar-refractivity contribution in [2.75, 3.05) is 20.6 Å². The highest BCUT2D eigenvalue weighted by atomic mass is 15.1. The molecule has 0 aliphatic rings. The molecule has 0 N–H and O–H groups in total. The Morgan fingerprint density at radius 1 is 1.31 bits per heavy atom. The monoisotopic (exact) mass is 183 g/mol. The van der Waals surface area contributed by atoms with Gasteiger partial charge in [-0.3, -0.25) is 0 Å². The highest BCUT2D eigenvalue weighted by Crippen LogP contribution is 2.14. The van der Waals surface area contributed by atoms with Crippen LogP contribution in [0, 0.1) is 5.92 Å². The van der Waals surface area contributed by atoms with E-state index >= 15 is 0 Å². The molecule has 0 bridgehead atoms. The van der Waals surface area contributed by atoms with Gasteiger partial charge in [-0.2, -0.15) is 0 Å². The highest BCUT2D eigenvalue weighted by molar-refractivity contribution is 4.67. The van der Waals surface area contributed by atoms with Crippen molar-refractivity contribution in [3.05, 3.63) is 12.7 Å². The van der Waals surface area contributed by atoms with E-state index in [9.17, 15) is 0 Å².